The van der Waals surface area contributed by atoms with Gasteiger partial charge in [0.15, 0.2) is 5.60 Å². The van der Waals surface area contributed by atoms with E-state index in [4.69, 9.17) is 9.47 Å². The van der Waals surface area contributed by atoms with Crippen LogP contribution in [0, 0.1) is 12.7 Å². The van der Waals surface area contributed by atoms with Gasteiger partial charge in [0, 0.05) is 16.6 Å². The number of hydrogen-bond acceptors (Lipinski definition) is 6. The number of benzene rings is 4. The molecule has 0 spiro atoms. The van der Waals surface area contributed by atoms with E-state index >= 15 is 0 Å². The topological polar surface area (TPSA) is 85.6 Å². The molecule has 1 heterocycles. The number of carbonyl (C=O) groups excluding carboxylic acids is 1. The van der Waals surface area contributed by atoms with Crippen molar-refractivity contribution in [3.8, 4) is 11.4 Å². The van der Waals surface area contributed by atoms with E-state index < -0.39 is 41.9 Å². The molecule has 0 aliphatic carbocycles. The minimum absolute atomic E-state index is 0.111. The maximum absolute atomic E-state index is 14.5. The summed E-state index contributed by atoms with van der Waals surface area (Å²) in [6, 6.07) is 23.1. The number of aliphatic hydroxyl groups is 1. The van der Waals surface area contributed by atoms with E-state index in [0.29, 0.717) is 27.8 Å². The Bertz CT molecular complexity index is 1890. The highest BCUT2D eigenvalue weighted by atomic mass is 19.4. The molecule has 1 aromatic heterocycles. The minimum atomic E-state index is -5.03. The maximum atomic E-state index is 14.5. The molecule has 0 aliphatic rings. The molecule has 0 radical (unpaired) electrons. The smallest absolute Gasteiger partial charge is 0.418 e. The number of methoxy groups -OCH3 is 1. The molecule has 0 saturated carbocycles. The van der Waals surface area contributed by atoms with Crippen molar-refractivity contribution in [3.05, 3.63) is 119 Å². The third-order valence-corrected chi connectivity index (χ3v) is 8.10. The number of nitrogens with one attached hydrogen (secondary N) is 1. The summed E-state index contributed by atoms with van der Waals surface area (Å²) in [7, 11) is 1.35. The van der Waals surface area contributed by atoms with Crippen LogP contribution in [0.5, 0.6) is 5.75 Å². The molecule has 0 fully saturated rings. The summed E-state index contributed by atoms with van der Waals surface area (Å²) in [4.78, 5) is 12.8. The summed E-state index contributed by atoms with van der Waals surface area (Å²) < 4.78 is 70.1. The van der Waals surface area contributed by atoms with Crippen LogP contribution >= 0.6 is 0 Å². The molecule has 5 rings (SSSR count). The Morgan fingerprint density at radius 3 is 2.43 bits per heavy atom. The number of aromatic nitrogens is 2. The lowest BCUT2D eigenvalue weighted by atomic mass is 9.74. The molecule has 0 unspecified atom stereocenters. The first-order valence-electron chi connectivity index (χ1n) is 14.9. The van der Waals surface area contributed by atoms with Gasteiger partial charge < -0.3 is 19.9 Å². The Labute approximate surface area is 269 Å². The van der Waals surface area contributed by atoms with Crippen molar-refractivity contribution in [2.45, 2.75) is 51.0 Å². The summed E-state index contributed by atoms with van der Waals surface area (Å²) in [5, 5.41) is 19.0. The van der Waals surface area contributed by atoms with Crippen molar-refractivity contribution in [1.29, 1.82) is 0 Å². The normalized spacial score (nSPS) is 13.3. The number of carbonyl (C=O) groups is 1. The van der Waals surface area contributed by atoms with Crippen LogP contribution in [0.3, 0.4) is 0 Å². The van der Waals surface area contributed by atoms with Crippen LogP contribution in [-0.4, -0.2) is 46.3 Å². The number of alkyl halides is 3. The third-order valence-electron chi connectivity index (χ3n) is 8.10. The fraction of sp³-hybridized carbons (Fsp3) is 0.278. The van der Waals surface area contributed by atoms with E-state index in [1.54, 1.807) is 41.9 Å². The van der Waals surface area contributed by atoms with Gasteiger partial charge in [0.05, 0.1) is 36.6 Å². The lowest BCUT2D eigenvalue weighted by Crippen LogP contribution is -2.53. The number of ether oxygens (including phenoxy) is 2. The molecule has 2 N–H and O–H groups in total. The highest BCUT2D eigenvalue weighted by Crippen LogP contribution is 2.44. The number of anilines is 1. The molecular weight excluding hydrogens is 614 g/mol. The van der Waals surface area contributed by atoms with Crippen LogP contribution < -0.4 is 10.1 Å². The average Bonchev–Trinajstić information content (AvgIpc) is 3.46. The standard InChI is InChI=1S/C36H35F4N3O4/c1-23-15-30(41-22-35(45,36(38,39)40)21-34(2,3)29-18-26(37)13-14-32(29)46-4)28-19-42-43(31(28)16-23)27-12-8-11-25(17-27)33(44)47-20-24-9-6-5-7-10-24/h5-19,41,45H,20-22H2,1-4H3/t35-/m0/s1. The SMILES string of the molecule is COc1ccc(F)cc1C(C)(C)C[C@](O)(CNc1cc(C)cc2c1cnn2-c1cccc(C(=O)OCc2ccccc2)c1)C(F)(F)F. The monoisotopic (exact) mass is 649 g/mol. The Morgan fingerprint density at radius 2 is 1.72 bits per heavy atom. The van der Waals surface area contributed by atoms with Crippen LogP contribution in [0.25, 0.3) is 16.6 Å². The average molecular weight is 650 g/mol. The zero-order valence-electron chi connectivity index (χ0n) is 26.4. The number of halogens is 4. The van der Waals surface area contributed by atoms with Gasteiger partial charge in [0.1, 0.15) is 18.2 Å². The molecule has 0 aliphatic heterocycles. The number of nitrogens with zero attached hydrogens (tertiary/aromatic N) is 2. The zero-order valence-corrected chi connectivity index (χ0v) is 26.4. The van der Waals surface area contributed by atoms with Gasteiger partial charge in [-0.05, 0) is 78.4 Å². The summed E-state index contributed by atoms with van der Waals surface area (Å²) >= 11 is 0. The zero-order chi connectivity index (χ0) is 34.0. The molecule has 7 nitrogen and oxygen atoms in total. The van der Waals surface area contributed by atoms with Gasteiger partial charge in [-0.1, -0.05) is 50.2 Å². The molecule has 11 heteroatoms. The van der Waals surface area contributed by atoms with E-state index in [-0.39, 0.29) is 17.9 Å². The van der Waals surface area contributed by atoms with Gasteiger partial charge in [-0.2, -0.15) is 18.3 Å². The predicted molar refractivity (Wildman–Crippen MR) is 171 cm³/mol. The van der Waals surface area contributed by atoms with Crippen molar-refractivity contribution in [3.63, 3.8) is 0 Å². The minimum Gasteiger partial charge on any atom is -0.496 e. The molecule has 0 bridgehead atoms. The molecule has 4 aromatic carbocycles. The summed E-state index contributed by atoms with van der Waals surface area (Å²) in [6.45, 7) is 4.02. The number of esters is 1. The molecule has 5 aromatic rings. The van der Waals surface area contributed by atoms with Crippen molar-refractivity contribution in [2.24, 2.45) is 0 Å². The van der Waals surface area contributed by atoms with Gasteiger partial charge in [-0.15, -0.1) is 0 Å². The van der Waals surface area contributed by atoms with Crippen molar-refractivity contribution < 1.29 is 36.9 Å². The summed E-state index contributed by atoms with van der Waals surface area (Å²) in [5.41, 5.74) is -1.01. The van der Waals surface area contributed by atoms with Gasteiger partial charge in [-0.25, -0.2) is 13.9 Å². The number of hydrogen-bond donors (Lipinski definition) is 2. The molecule has 0 amide bonds. The maximum Gasteiger partial charge on any atom is 0.418 e. The lowest BCUT2D eigenvalue weighted by Gasteiger charge is -2.38. The van der Waals surface area contributed by atoms with E-state index in [9.17, 15) is 27.5 Å². The first-order valence-corrected chi connectivity index (χ1v) is 14.9. The quantitative estimate of drug-likeness (QED) is 0.112. The van der Waals surface area contributed by atoms with Gasteiger partial charge in [0.2, 0.25) is 0 Å². The van der Waals surface area contributed by atoms with Crippen LogP contribution in [0.1, 0.15) is 47.3 Å². The summed E-state index contributed by atoms with van der Waals surface area (Å²) in [5.74, 6) is -0.928. The van der Waals surface area contributed by atoms with Gasteiger partial charge in [-0.3, -0.25) is 0 Å². The van der Waals surface area contributed by atoms with E-state index in [1.807, 2.05) is 36.4 Å². The van der Waals surface area contributed by atoms with Crippen LogP contribution in [0.4, 0.5) is 23.2 Å². The fourth-order valence-electron chi connectivity index (χ4n) is 5.73. The van der Waals surface area contributed by atoms with Crippen molar-refractivity contribution >= 4 is 22.6 Å². The Kier molecular flexibility index (Phi) is 9.31. The number of fused-ring (bicyclic) bond motifs is 1. The molecule has 246 valence electrons. The number of aryl methyl sites for hydroxylation is 1. The Morgan fingerprint density at radius 1 is 0.979 bits per heavy atom. The second-order valence-electron chi connectivity index (χ2n) is 12.2. The molecule has 47 heavy (non-hydrogen) atoms. The largest absolute Gasteiger partial charge is 0.496 e. The van der Waals surface area contributed by atoms with E-state index in [1.165, 1.54) is 33.2 Å². The molecule has 1 atom stereocenters. The van der Waals surface area contributed by atoms with Gasteiger partial charge >= 0.3 is 12.1 Å². The molecule has 0 saturated heterocycles. The Balaban J connectivity index is 1.41. The van der Waals surface area contributed by atoms with Crippen molar-refractivity contribution in [1.82, 2.24) is 9.78 Å². The first-order chi connectivity index (χ1) is 22.2. The number of rotatable bonds is 11. The van der Waals surface area contributed by atoms with Crippen LogP contribution in [0.2, 0.25) is 0 Å². The lowest BCUT2D eigenvalue weighted by molar-refractivity contribution is -0.260. The molecular formula is C36H35F4N3O4. The second kappa shape index (κ2) is 13.1. The highest BCUT2D eigenvalue weighted by Gasteiger charge is 2.56. The van der Waals surface area contributed by atoms with Crippen LogP contribution in [0.15, 0.2) is 91.1 Å². The second-order valence-corrected chi connectivity index (χ2v) is 12.2. The van der Waals surface area contributed by atoms with E-state index in [0.717, 1.165) is 23.3 Å². The third kappa shape index (κ3) is 7.25. The van der Waals surface area contributed by atoms with Gasteiger partial charge in [0.25, 0.3) is 0 Å². The highest BCUT2D eigenvalue weighted by molar-refractivity contribution is 5.94. The van der Waals surface area contributed by atoms with Crippen molar-refractivity contribution in [2.75, 3.05) is 19.0 Å². The van der Waals surface area contributed by atoms with E-state index in [2.05, 4.69) is 10.4 Å². The first kappa shape index (κ1) is 33.5. The Hall–Kier alpha value is -4.90. The fourth-order valence-corrected chi connectivity index (χ4v) is 5.73. The predicted octanol–water partition coefficient (Wildman–Crippen LogP) is 7.91. The summed E-state index contributed by atoms with van der Waals surface area (Å²) in [6.07, 6.45) is -4.30. The van der Waals surface area contributed by atoms with Crippen LogP contribution in [-0.2, 0) is 16.8 Å².